The predicted molar refractivity (Wildman–Crippen MR) is 105 cm³/mol. The number of hydrogen-bond donors (Lipinski definition) is 0. The minimum atomic E-state index is 0.0487. The fourth-order valence-electron chi connectivity index (χ4n) is 4.25. The summed E-state index contributed by atoms with van der Waals surface area (Å²) in [5.41, 5.74) is 1.43. The molecule has 0 amide bonds. The summed E-state index contributed by atoms with van der Waals surface area (Å²) >= 11 is 0. The van der Waals surface area contributed by atoms with Crippen LogP contribution >= 0.6 is 0 Å². The summed E-state index contributed by atoms with van der Waals surface area (Å²) in [5.74, 6) is 2.18. The van der Waals surface area contributed by atoms with E-state index < -0.39 is 0 Å². The van der Waals surface area contributed by atoms with E-state index in [1.54, 1.807) is 0 Å². The van der Waals surface area contributed by atoms with Gasteiger partial charge in [-0.15, -0.1) is 0 Å². The predicted octanol–water partition coefficient (Wildman–Crippen LogP) is 6.56. The average Bonchev–Trinajstić information content (AvgIpc) is 2.43. The zero-order chi connectivity index (χ0) is 18.3. The van der Waals surface area contributed by atoms with Crippen molar-refractivity contribution in [3.05, 3.63) is 35.9 Å². The highest BCUT2D eigenvalue weighted by atomic mass is 16.1. The van der Waals surface area contributed by atoms with Crippen LogP contribution < -0.4 is 0 Å². The first-order valence-electron chi connectivity index (χ1n) is 9.67. The summed E-state index contributed by atoms with van der Waals surface area (Å²) < 4.78 is 0. The van der Waals surface area contributed by atoms with E-state index in [0.717, 1.165) is 25.7 Å². The minimum absolute atomic E-state index is 0.0487. The number of aryl methyl sites for hydroxylation is 1. The smallest absolute Gasteiger partial charge is 0.137 e. The number of rotatable bonds is 9. The number of Topliss-reactive ketones (excluding diaryl/α,β-unsaturated/α-hetero) is 1. The molecule has 0 fully saturated rings. The van der Waals surface area contributed by atoms with Crippen molar-refractivity contribution in [3.8, 4) is 0 Å². The van der Waals surface area contributed by atoms with Crippen molar-refractivity contribution in [2.75, 3.05) is 0 Å². The van der Waals surface area contributed by atoms with E-state index in [-0.39, 0.29) is 11.3 Å². The van der Waals surface area contributed by atoms with Crippen LogP contribution in [0.25, 0.3) is 0 Å². The van der Waals surface area contributed by atoms with Crippen LogP contribution in [0.15, 0.2) is 30.3 Å². The summed E-state index contributed by atoms with van der Waals surface area (Å²) in [5, 5.41) is 0. The van der Waals surface area contributed by atoms with Gasteiger partial charge in [0.1, 0.15) is 5.78 Å². The Morgan fingerprint density at radius 2 is 1.58 bits per heavy atom. The molecule has 0 radical (unpaired) electrons. The van der Waals surface area contributed by atoms with Crippen LogP contribution in [0.5, 0.6) is 0 Å². The Morgan fingerprint density at radius 1 is 1.00 bits per heavy atom. The molecule has 1 aromatic rings. The molecule has 0 unspecified atom stereocenters. The maximum absolute atomic E-state index is 13.0. The average molecular weight is 331 g/mol. The van der Waals surface area contributed by atoms with Crippen LogP contribution in [0.4, 0.5) is 0 Å². The molecule has 1 rings (SSSR count). The molecule has 0 aliphatic carbocycles. The van der Waals surface area contributed by atoms with Crippen molar-refractivity contribution in [2.45, 2.75) is 74.1 Å². The molecule has 1 aromatic carbocycles. The normalized spacial score (nSPS) is 14.9. The van der Waals surface area contributed by atoms with E-state index in [0.29, 0.717) is 23.5 Å². The Balaban J connectivity index is 2.75. The molecule has 0 saturated heterocycles. The number of ketones is 1. The molecule has 0 spiro atoms. The van der Waals surface area contributed by atoms with Crippen molar-refractivity contribution in [1.29, 1.82) is 0 Å². The molecule has 0 aromatic heterocycles. The lowest BCUT2D eigenvalue weighted by molar-refractivity contribution is -0.129. The molecule has 24 heavy (non-hydrogen) atoms. The lowest BCUT2D eigenvalue weighted by atomic mass is 9.70. The molecule has 0 saturated carbocycles. The van der Waals surface area contributed by atoms with Gasteiger partial charge in [-0.2, -0.15) is 0 Å². The van der Waals surface area contributed by atoms with Crippen LogP contribution in [-0.4, -0.2) is 5.78 Å². The third kappa shape index (κ3) is 7.20. The second-order valence-corrected chi connectivity index (χ2v) is 9.28. The molecule has 0 aliphatic rings. The van der Waals surface area contributed by atoms with Crippen LogP contribution in [0.1, 0.15) is 73.3 Å². The molecule has 0 heterocycles. The summed E-state index contributed by atoms with van der Waals surface area (Å²) in [4.78, 5) is 13.0. The Morgan fingerprint density at radius 3 is 2.04 bits per heavy atom. The van der Waals surface area contributed by atoms with E-state index in [1.165, 1.54) is 5.56 Å². The summed E-state index contributed by atoms with van der Waals surface area (Å²) in [7, 11) is 0. The van der Waals surface area contributed by atoms with E-state index in [2.05, 4.69) is 78.8 Å². The third-order valence-electron chi connectivity index (χ3n) is 4.93. The zero-order valence-corrected chi connectivity index (χ0v) is 16.9. The van der Waals surface area contributed by atoms with Gasteiger partial charge in [0, 0.05) is 12.3 Å². The van der Waals surface area contributed by atoms with E-state index in [4.69, 9.17) is 0 Å². The van der Waals surface area contributed by atoms with Crippen molar-refractivity contribution in [1.82, 2.24) is 0 Å². The number of carbonyl (C=O) groups is 1. The van der Waals surface area contributed by atoms with Crippen LogP contribution in [0.2, 0.25) is 0 Å². The molecular formula is C23H38O. The molecule has 0 aliphatic heterocycles. The molecule has 0 N–H and O–H groups in total. The molecule has 2 atom stereocenters. The van der Waals surface area contributed by atoms with Crippen molar-refractivity contribution in [2.24, 2.45) is 29.1 Å². The van der Waals surface area contributed by atoms with Gasteiger partial charge in [-0.3, -0.25) is 4.79 Å². The molecule has 0 bridgehead atoms. The van der Waals surface area contributed by atoms with E-state index >= 15 is 0 Å². The van der Waals surface area contributed by atoms with Gasteiger partial charge in [0.2, 0.25) is 0 Å². The Hall–Kier alpha value is -1.11. The third-order valence-corrected chi connectivity index (χ3v) is 4.93. The minimum Gasteiger partial charge on any atom is -0.299 e. The molecule has 136 valence electrons. The molecule has 1 heteroatoms. The second-order valence-electron chi connectivity index (χ2n) is 9.28. The first-order chi connectivity index (χ1) is 11.1. The Labute approximate surface area is 150 Å². The first-order valence-corrected chi connectivity index (χ1v) is 9.67. The van der Waals surface area contributed by atoms with Gasteiger partial charge in [-0.05, 0) is 48.0 Å². The van der Waals surface area contributed by atoms with Gasteiger partial charge >= 0.3 is 0 Å². The van der Waals surface area contributed by atoms with Crippen LogP contribution in [0.3, 0.4) is 0 Å². The number of carbonyl (C=O) groups excluding carboxylic acids is 1. The number of hydrogen-bond acceptors (Lipinski definition) is 1. The van der Waals surface area contributed by atoms with Crippen molar-refractivity contribution < 1.29 is 4.79 Å². The van der Waals surface area contributed by atoms with Crippen LogP contribution in [-0.2, 0) is 11.2 Å². The van der Waals surface area contributed by atoms with Crippen molar-refractivity contribution >= 4 is 5.78 Å². The van der Waals surface area contributed by atoms with E-state index in [1.807, 2.05) is 0 Å². The highest BCUT2D eigenvalue weighted by Crippen LogP contribution is 2.35. The van der Waals surface area contributed by atoms with Gasteiger partial charge in [0.15, 0.2) is 0 Å². The van der Waals surface area contributed by atoms with Gasteiger partial charge < -0.3 is 0 Å². The summed E-state index contributed by atoms with van der Waals surface area (Å²) in [6.45, 7) is 15.5. The standard InChI is InChI=1S/C23H38O/c1-17(2)15-20(14-13-19-11-9-8-10-12-19)16-21(24)22(18(3)4)23(5,6)7/h8-12,17-18,20,22H,13-16H2,1-7H3/t20-,22+/m0/s1. The topological polar surface area (TPSA) is 17.1 Å². The zero-order valence-electron chi connectivity index (χ0n) is 16.9. The van der Waals surface area contributed by atoms with Gasteiger partial charge in [-0.25, -0.2) is 0 Å². The lowest BCUT2D eigenvalue weighted by Crippen LogP contribution is -2.34. The second kappa shape index (κ2) is 9.39. The maximum Gasteiger partial charge on any atom is 0.137 e. The SMILES string of the molecule is CC(C)C[C@H](CCc1ccccc1)CC(=O)[C@@H](C(C)C)C(C)(C)C. The lowest BCUT2D eigenvalue weighted by Gasteiger charge is -2.34. The molecule has 1 nitrogen and oxygen atoms in total. The quantitative estimate of drug-likeness (QED) is 0.501. The summed E-state index contributed by atoms with van der Waals surface area (Å²) in [6, 6.07) is 10.7. The van der Waals surface area contributed by atoms with Gasteiger partial charge in [-0.1, -0.05) is 78.8 Å². The monoisotopic (exact) mass is 330 g/mol. The van der Waals surface area contributed by atoms with E-state index in [9.17, 15) is 4.79 Å². The maximum atomic E-state index is 13.0. The Kier molecular flexibility index (Phi) is 8.19. The van der Waals surface area contributed by atoms with Crippen LogP contribution in [0, 0.1) is 29.1 Å². The van der Waals surface area contributed by atoms with Crippen molar-refractivity contribution in [3.63, 3.8) is 0 Å². The van der Waals surface area contributed by atoms with Gasteiger partial charge in [0.05, 0.1) is 0 Å². The Bertz CT molecular complexity index is 479. The highest BCUT2D eigenvalue weighted by Gasteiger charge is 2.34. The largest absolute Gasteiger partial charge is 0.299 e. The first kappa shape index (κ1) is 20.9. The number of benzene rings is 1. The fraction of sp³-hybridized carbons (Fsp3) is 0.696. The molecular weight excluding hydrogens is 292 g/mol. The summed E-state index contributed by atoms with van der Waals surface area (Å²) in [6.07, 6.45) is 4.08. The fourth-order valence-corrected chi connectivity index (χ4v) is 4.25. The van der Waals surface area contributed by atoms with Gasteiger partial charge in [0.25, 0.3) is 0 Å². The highest BCUT2D eigenvalue weighted by molar-refractivity contribution is 5.82.